The Morgan fingerprint density at radius 1 is 1.02 bits per heavy atom. The van der Waals surface area contributed by atoms with E-state index in [4.69, 9.17) is 4.74 Å². The minimum atomic E-state index is -4.30. The number of ether oxygens (including phenoxy) is 1. The van der Waals surface area contributed by atoms with Crippen molar-refractivity contribution in [1.29, 1.82) is 0 Å². The number of para-hydroxylation sites is 1. The lowest BCUT2D eigenvalue weighted by atomic mass is 10.2. The topological polar surface area (TPSA) is 144 Å². The van der Waals surface area contributed by atoms with Gasteiger partial charge in [0, 0.05) is 11.0 Å². The lowest BCUT2D eigenvalue weighted by Gasteiger charge is -2.17. The molecule has 5 aromatic rings. The summed E-state index contributed by atoms with van der Waals surface area (Å²) in [5.74, 6) is -1.18. The fourth-order valence-electron chi connectivity index (χ4n) is 4.58. The van der Waals surface area contributed by atoms with Gasteiger partial charge in [-0.3, -0.25) is 4.79 Å². The van der Waals surface area contributed by atoms with Gasteiger partial charge in [-0.1, -0.05) is 36.4 Å². The van der Waals surface area contributed by atoms with Gasteiger partial charge >= 0.3 is 0 Å². The summed E-state index contributed by atoms with van der Waals surface area (Å²) in [5.41, 5.74) is 1.71. The smallest absolute Gasteiger partial charge is 0.269 e. The van der Waals surface area contributed by atoms with Gasteiger partial charge in [0.2, 0.25) is 11.9 Å². The molecule has 0 radical (unpaired) electrons. The molecule has 2 heterocycles. The van der Waals surface area contributed by atoms with Gasteiger partial charge in [0.05, 0.1) is 35.0 Å². The third-order valence-corrected chi connectivity index (χ3v) is 10.00. The molecule has 14 heteroatoms. The fourth-order valence-corrected chi connectivity index (χ4v) is 7.04. The summed E-state index contributed by atoms with van der Waals surface area (Å²) in [6, 6.07) is 17.7. The van der Waals surface area contributed by atoms with Gasteiger partial charge in [-0.15, -0.1) is 0 Å². The zero-order valence-corrected chi connectivity index (χ0v) is 26.5. The number of aromatic nitrogens is 3. The predicted molar refractivity (Wildman–Crippen MR) is 175 cm³/mol. The number of anilines is 5. The molecule has 0 bridgehead atoms. The predicted octanol–water partition coefficient (Wildman–Crippen LogP) is 5.98. The van der Waals surface area contributed by atoms with Gasteiger partial charge in [-0.25, -0.2) is 16.8 Å². The van der Waals surface area contributed by atoms with Crippen LogP contribution in [0.4, 0.5) is 33.2 Å². The van der Waals surface area contributed by atoms with Gasteiger partial charge in [0.15, 0.2) is 11.5 Å². The van der Waals surface area contributed by atoms with Crippen molar-refractivity contribution in [2.75, 3.05) is 36.4 Å². The quantitative estimate of drug-likeness (QED) is 0.123. The number of rotatable bonds is 10. The van der Waals surface area contributed by atoms with Crippen molar-refractivity contribution < 1.29 is 26.9 Å². The number of hydrogen-bond donors (Lipinski definition) is 3. The van der Waals surface area contributed by atoms with Gasteiger partial charge in [-0.2, -0.15) is 9.97 Å². The van der Waals surface area contributed by atoms with E-state index in [9.17, 15) is 17.8 Å². The van der Waals surface area contributed by atoms with E-state index in [0.717, 1.165) is 21.8 Å². The van der Waals surface area contributed by atoms with Crippen molar-refractivity contribution in [3.63, 3.8) is 0 Å². The lowest BCUT2D eigenvalue weighted by Crippen LogP contribution is -2.14. The Balaban J connectivity index is 1.72. The number of amides is 1. The minimum absolute atomic E-state index is 0.0665. The molecule has 45 heavy (non-hydrogen) atoms. The minimum Gasteiger partial charge on any atom is -0.495 e. The molecule has 0 unspecified atom stereocenters. The van der Waals surface area contributed by atoms with Crippen molar-refractivity contribution >= 4 is 68.2 Å². The van der Waals surface area contributed by atoms with Crippen LogP contribution in [0.3, 0.4) is 0 Å². The number of nitrogens with one attached hydrogen (secondary N) is 3. The van der Waals surface area contributed by atoms with E-state index in [1.165, 1.54) is 19.2 Å². The van der Waals surface area contributed by atoms with Crippen LogP contribution < -0.4 is 26.0 Å². The second-order valence-electron chi connectivity index (χ2n) is 10.4. The lowest BCUT2D eigenvalue weighted by molar-refractivity contribution is -0.111. The molecule has 3 N–H and O–H groups in total. The molecule has 0 fully saturated rings. The van der Waals surface area contributed by atoms with Crippen molar-refractivity contribution in [1.82, 2.24) is 13.9 Å². The van der Waals surface area contributed by atoms with Crippen LogP contribution in [-0.4, -0.2) is 48.7 Å². The van der Waals surface area contributed by atoms with Crippen LogP contribution in [-0.2, 0) is 19.4 Å². The number of aryl methyl sites for hydroxylation is 1. The molecule has 232 valence electrons. The number of fused-ring (bicyclic) bond motifs is 1. The van der Waals surface area contributed by atoms with Crippen LogP contribution in [0.15, 0.2) is 90.5 Å². The van der Waals surface area contributed by atoms with Crippen molar-refractivity contribution in [3.05, 3.63) is 97.0 Å². The molecule has 0 aliphatic heterocycles. The Bertz CT molecular complexity index is 2110. The van der Waals surface area contributed by atoms with Crippen molar-refractivity contribution in [2.45, 2.75) is 11.8 Å². The SMILES string of the molecule is C=CC(=O)Nc1ccc(OC)c(Nc2nc(Nc3ccccc3P(C)(C)=O)c3c(F)cn(S(=O)(=O)c4ccc(C)cc4)c3n2)c1. The van der Waals surface area contributed by atoms with Crippen LogP contribution in [0.5, 0.6) is 5.75 Å². The fraction of sp³-hybridized carbons (Fsp3) is 0.129. The summed E-state index contributed by atoms with van der Waals surface area (Å²) in [5, 5.41) is 9.01. The summed E-state index contributed by atoms with van der Waals surface area (Å²) in [6.45, 7) is 8.48. The van der Waals surface area contributed by atoms with Gasteiger partial charge in [0.25, 0.3) is 10.0 Å². The molecule has 0 spiro atoms. The summed E-state index contributed by atoms with van der Waals surface area (Å²) >= 11 is 0. The normalized spacial score (nSPS) is 11.7. The molecule has 11 nitrogen and oxygen atoms in total. The molecule has 5 rings (SSSR count). The Labute approximate surface area is 259 Å². The zero-order valence-electron chi connectivity index (χ0n) is 24.8. The number of carbonyl (C=O) groups is 1. The standard InChI is InChI=1S/C31H30FN6O5PS/c1-6-27(39)33-20-13-16-25(43-3)24(17-20)35-31-36-29(34-23-9-7-8-10-26(23)44(4,5)40)28-22(32)18-38(30(28)37-31)45(41,42)21-14-11-19(2)12-15-21/h6-18H,1H2,2-5H3,(H,33,39)(H2,34,35,36,37). The molecule has 0 aliphatic rings. The van der Waals surface area contributed by atoms with Crippen LogP contribution >= 0.6 is 7.14 Å². The Morgan fingerprint density at radius 2 is 1.73 bits per heavy atom. The maximum Gasteiger partial charge on any atom is 0.269 e. The average molecular weight is 649 g/mol. The largest absolute Gasteiger partial charge is 0.495 e. The van der Waals surface area contributed by atoms with Crippen LogP contribution in [0.25, 0.3) is 11.0 Å². The Kier molecular flexibility index (Phi) is 8.51. The molecule has 1 amide bonds. The summed E-state index contributed by atoms with van der Waals surface area (Å²) in [4.78, 5) is 20.8. The molecular formula is C31H30FN6O5PS. The number of nitrogens with zero attached hydrogens (tertiary/aromatic N) is 3. The van der Waals surface area contributed by atoms with Crippen LogP contribution in [0, 0.1) is 12.7 Å². The molecular weight excluding hydrogens is 618 g/mol. The monoisotopic (exact) mass is 648 g/mol. The number of hydrogen-bond acceptors (Lipinski definition) is 9. The molecule has 0 atom stereocenters. The second-order valence-corrected chi connectivity index (χ2v) is 15.4. The first-order valence-electron chi connectivity index (χ1n) is 13.5. The number of halogens is 1. The number of methoxy groups -OCH3 is 1. The van der Waals surface area contributed by atoms with E-state index in [1.54, 1.807) is 67.9 Å². The van der Waals surface area contributed by atoms with E-state index >= 15 is 4.39 Å². The highest BCUT2D eigenvalue weighted by atomic mass is 32.2. The van der Waals surface area contributed by atoms with E-state index in [-0.39, 0.29) is 27.7 Å². The third kappa shape index (κ3) is 6.45. The van der Waals surface area contributed by atoms with Gasteiger partial charge in [0.1, 0.15) is 18.7 Å². The first kappa shape index (κ1) is 31.4. The molecule has 0 saturated carbocycles. The Hall–Kier alpha value is -5.00. The van der Waals surface area contributed by atoms with E-state index in [2.05, 4.69) is 32.5 Å². The first-order chi connectivity index (χ1) is 21.3. The summed E-state index contributed by atoms with van der Waals surface area (Å²) < 4.78 is 62.6. The first-order valence-corrected chi connectivity index (χ1v) is 17.6. The van der Waals surface area contributed by atoms with Gasteiger partial charge in [-0.05, 0) is 68.8 Å². The molecule has 2 aromatic heterocycles. The van der Waals surface area contributed by atoms with Crippen LogP contribution in [0.2, 0.25) is 0 Å². The second kappa shape index (κ2) is 12.2. The zero-order chi connectivity index (χ0) is 32.5. The van der Waals surface area contributed by atoms with Crippen molar-refractivity contribution in [3.8, 4) is 5.75 Å². The number of carbonyl (C=O) groups excluding carboxylic acids is 1. The Morgan fingerprint density at radius 3 is 2.40 bits per heavy atom. The highest BCUT2D eigenvalue weighted by molar-refractivity contribution is 7.90. The maximum atomic E-state index is 15.8. The van der Waals surface area contributed by atoms with E-state index in [0.29, 0.717) is 28.1 Å². The van der Waals surface area contributed by atoms with E-state index < -0.39 is 28.9 Å². The summed E-state index contributed by atoms with van der Waals surface area (Å²) in [6.07, 6.45) is 1.96. The maximum absolute atomic E-state index is 15.8. The summed E-state index contributed by atoms with van der Waals surface area (Å²) in [7, 11) is -5.66. The number of benzene rings is 3. The van der Waals surface area contributed by atoms with E-state index in [1.807, 2.05) is 6.92 Å². The molecule has 3 aromatic carbocycles. The highest BCUT2D eigenvalue weighted by Gasteiger charge is 2.27. The average Bonchev–Trinajstić information content (AvgIpc) is 3.34. The molecule has 0 saturated heterocycles. The third-order valence-electron chi connectivity index (χ3n) is 6.78. The molecule has 0 aliphatic carbocycles. The van der Waals surface area contributed by atoms with Gasteiger partial charge < -0.3 is 25.3 Å². The highest BCUT2D eigenvalue weighted by Crippen LogP contribution is 2.40. The van der Waals surface area contributed by atoms with Crippen LogP contribution in [0.1, 0.15) is 5.56 Å². The van der Waals surface area contributed by atoms with Crippen molar-refractivity contribution in [2.24, 2.45) is 0 Å².